The van der Waals surface area contributed by atoms with Crippen LogP contribution in [0.1, 0.15) is 32.6 Å². The van der Waals surface area contributed by atoms with Crippen molar-refractivity contribution in [1.29, 1.82) is 0 Å². The second-order valence-electron chi connectivity index (χ2n) is 6.21. The lowest BCUT2D eigenvalue weighted by molar-refractivity contribution is 0.280. The van der Waals surface area contributed by atoms with Crippen molar-refractivity contribution in [2.75, 3.05) is 0 Å². The molecule has 0 aromatic heterocycles. The van der Waals surface area contributed by atoms with Crippen molar-refractivity contribution in [3.05, 3.63) is 30.1 Å². The number of halogens is 1. The molecule has 0 heterocycles. The number of hydrogen-bond acceptors (Lipinski definition) is 2. The van der Waals surface area contributed by atoms with E-state index in [1.165, 1.54) is 37.5 Å². The van der Waals surface area contributed by atoms with Crippen LogP contribution in [0.2, 0.25) is 0 Å². The van der Waals surface area contributed by atoms with Gasteiger partial charge in [0.05, 0.1) is 4.90 Å². The fourth-order valence-electron chi connectivity index (χ4n) is 3.94. The summed E-state index contributed by atoms with van der Waals surface area (Å²) in [4.78, 5) is 0.00695. The highest BCUT2D eigenvalue weighted by Crippen LogP contribution is 2.49. The molecule has 2 aliphatic rings. The van der Waals surface area contributed by atoms with Crippen LogP contribution < -0.4 is 4.72 Å². The van der Waals surface area contributed by atoms with Crippen molar-refractivity contribution in [2.24, 2.45) is 17.8 Å². The van der Waals surface area contributed by atoms with E-state index in [-0.39, 0.29) is 10.9 Å². The van der Waals surface area contributed by atoms with E-state index in [1.54, 1.807) is 0 Å². The molecule has 3 nitrogen and oxygen atoms in total. The number of nitrogens with one attached hydrogen (secondary N) is 1. The molecule has 3 rings (SSSR count). The minimum Gasteiger partial charge on any atom is -0.208 e. The molecule has 2 bridgehead atoms. The smallest absolute Gasteiger partial charge is 0.208 e. The van der Waals surface area contributed by atoms with E-state index in [4.69, 9.17) is 0 Å². The second-order valence-corrected chi connectivity index (χ2v) is 7.92. The van der Waals surface area contributed by atoms with Crippen LogP contribution in [-0.4, -0.2) is 14.5 Å². The van der Waals surface area contributed by atoms with Crippen molar-refractivity contribution in [3.63, 3.8) is 0 Å². The van der Waals surface area contributed by atoms with Gasteiger partial charge in [-0.05, 0) is 62.1 Å². The van der Waals surface area contributed by atoms with E-state index in [0.29, 0.717) is 11.8 Å². The third kappa shape index (κ3) is 2.61. The first-order chi connectivity index (χ1) is 9.45. The summed E-state index contributed by atoms with van der Waals surface area (Å²) in [7, 11) is -3.63. The minimum atomic E-state index is -3.63. The van der Waals surface area contributed by atoms with Crippen LogP contribution in [0.5, 0.6) is 0 Å². The Kier molecular flexibility index (Phi) is 3.58. The van der Waals surface area contributed by atoms with Gasteiger partial charge in [0, 0.05) is 6.04 Å². The summed E-state index contributed by atoms with van der Waals surface area (Å²) in [6.07, 6.45) is 4.89. The maximum Gasteiger partial charge on any atom is 0.240 e. The summed E-state index contributed by atoms with van der Waals surface area (Å²) >= 11 is 0. The quantitative estimate of drug-likeness (QED) is 0.929. The van der Waals surface area contributed by atoms with Gasteiger partial charge in [0.15, 0.2) is 0 Å². The van der Waals surface area contributed by atoms with Gasteiger partial charge < -0.3 is 0 Å². The standard InChI is InChI=1S/C15H20FNO2S/c1-10(15-8-11-5-6-12(15)7-11)17-20(18,19)14-4-2-3-13(16)9-14/h2-4,9-12,15,17H,5-8H2,1H3. The lowest BCUT2D eigenvalue weighted by atomic mass is 9.84. The predicted octanol–water partition coefficient (Wildman–Crippen LogP) is 2.93. The van der Waals surface area contributed by atoms with E-state index in [2.05, 4.69) is 4.72 Å². The Balaban J connectivity index is 1.73. The van der Waals surface area contributed by atoms with Gasteiger partial charge in [0.25, 0.3) is 0 Å². The van der Waals surface area contributed by atoms with Crippen LogP contribution in [-0.2, 0) is 10.0 Å². The molecule has 0 amide bonds. The van der Waals surface area contributed by atoms with Gasteiger partial charge in [-0.3, -0.25) is 0 Å². The monoisotopic (exact) mass is 297 g/mol. The highest BCUT2D eigenvalue weighted by Gasteiger charge is 2.42. The Morgan fingerprint density at radius 3 is 2.70 bits per heavy atom. The number of fused-ring (bicyclic) bond motifs is 2. The molecule has 4 unspecified atom stereocenters. The molecular weight excluding hydrogens is 277 g/mol. The van der Waals surface area contributed by atoms with E-state index in [1.807, 2.05) is 6.92 Å². The lowest BCUT2D eigenvalue weighted by Gasteiger charge is -2.28. The van der Waals surface area contributed by atoms with Crippen LogP contribution in [0.4, 0.5) is 4.39 Å². The zero-order chi connectivity index (χ0) is 14.3. The van der Waals surface area contributed by atoms with Crippen LogP contribution in [0.3, 0.4) is 0 Å². The Morgan fingerprint density at radius 2 is 2.10 bits per heavy atom. The van der Waals surface area contributed by atoms with Gasteiger partial charge in [0.1, 0.15) is 5.82 Å². The van der Waals surface area contributed by atoms with Gasteiger partial charge in [-0.25, -0.2) is 17.5 Å². The molecule has 1 N–H and O–H groups in total. The molecule has 1 aromatic rings. The van der Waals surface area contributed by atoms with Crippen molar-refractivity contribution in [2.45, 2.75) is 43.5 Å². The van der Waals surface area contributed by atoms with Crippen LogP contribution in [0, 0.1) is 23.6 Å². The Hall–Kier alpha value is -0.940. The van der Waals surface area contributed by atoms with Gasteiger partial charge in [-0.2, -0.15) is 0 Å². The number of hydrogen-bond donors (Lipinski definition) is 1. The molecule has 2 fully saturated rings. The molecule has 4 atom stereocenters. The van der Waals surface area contributed by atoms with Crippen molar-refractivity contribution in [1.82, 2.24) is 4.72 Å². The molecule has 0 spiro atoms. The lowest BCUT2D eigenvalue weighted by Crippen LogP contribution is -2.40. The Morgan fingerprint density at radius 1 is 1.30 bits per heavy atom. The zero-order valence-electron chi connectivity index (χ0n) is 11.5. The summed E-state index contributed by atoms with van der Waals surface area (Å²) in [5, 5.41) is 0. The highest BCUT2D eigenvalue weighted by molar-refractivity contribution is 7.89. The predicted molar refractivity (Wildman–Crippen MR) is 75.1 cm³/mol. The average molecular weight is 297 g/mol. The number of benzene rings is 1. The fourth-order valence-corrected chi connectivity index (χ4v) is 5.27. The Labute approximate surface area is 119 Å². The van der Waals surface area contributed by atoms with Crippen LogP contribution in [0.25, 0.3) is 0 Å². The second kappa shape index (κ2) is 5.11. The molecule has 5 heteroatoms. The minimum absolute atomic E-state index is 0.00695. The number of sulfonamides is 1. The summed E-state index contributed by atoms with van der Waals surface area (Å²) in [5.41, 5.74) is 0. The van der Waals surface area contributed by atoms with E-state index in [0.717, 1.165) is 18.4 Å². The molecule has 0 aliphatic heterocycles. The SMILES string of the molecule is CC(NS(=O)(=O)c1cccc(F)c1)C1CC2CCC1C2. The molecule has 0 saturated heterocycles. The van der Waals surface area contributed by atoms with Crippen molar-refractivity contribution in [3.8, 4) is 0 Å². The summed E-state index contributed by atoms with van der Waals surface area (Å²) in [5.74, 6) is 1.34. The summed E-state index contributed by atoms with van der Waals surface area (Å²) in [6.45, 7) is 1.93. The zero-order valence-corrected chi connectivity index (χ0v) is 12.4. The average Bonchev–Trinajstić information content (AvgIpc) is 3.00. The molecule has 1 aromatic carbocycles. The first-order valence-electron chi connectivity index (χ1n) is 7.23. The molecule has 110 valence electrons. The van der Waals surface area contributed by atoms with E-state index in [9.17, 15) is 12.8 Å². The first-order valence-corrected chi connectivity index (χ1v) is 8.72. The van der Waals surface area contributed by atoms with Gasteiger partial charge in [-0.15, -0.1) is 0 Å². The topological polar surface area (TPSA) is 46.2 Å². The maximum absolute atomic E-state index is 13.2. The summed E-state index contributed by atoms with van der Waals surface area (Å²) < 4.78 is 40.5. The van der Waals surface area contributed by atoms with Crippen molar-refractivity contribution < 1.29 is 12.8 Å². The number of rotatable bonds is 4. The summed E-state index contributed by atoms with van der Waals surface area (Å²) in [6, 6.07) is 5.08. The fraction of sp³-hybridized carbons (Fsp3) is 0.600. The van der Waals surface area contributed by atoms with Crippen LogP contribution >= 0.6 is 0 Å². The Bertz CT molecular complexity index is 602. The van der Waals surface area contributed by atoms with Gasteiger partial charge in [-0.1, -0.05) is 12.5 Å². The highest BCUT2D eigenvalue weighted by atomic mass is 32.2. The third-order valence-electron chi connectivity index (χ3n) is 4.88. The molecular formula is C15H20FNO2S. The molecule has 2 aliphatic carbocycles. The van der Waals surface area contributed by atoms with E-state index < -0.39 is 15.8 Å². The van der Waals surface area contributed by atoms with E-state index >= 15 is 0 Å². The maximum atomic E-state index is 13.2. The molecule has 0 radical (unpaired) electrons. The molecule has 2 saturated carbocycles. The van der Waals surface area contributed by atoms with Gasteiger partial charge >= 0.3 is 0 Å². The normalized spacial score (nSPS) is 30.6. The third-order valence-corrected chi connectivity index (χ3v) is 6.44. The largest absolute Gasteiger partial charge is 0.240 e. The molecule has 20 heavy (non-hydrogen) atoms. The first kappa shape index (κ1) is 14.0. The van der Waals surface area contributed by atoms with Gasteiger partial charge in [0.2, 0.25) is 10.0 Å². The van der Waals surface area contributed by atoms with Crippen molar-refractivity contribution >= 4 is 10.0 Å². The van der Waals surface area contributed by atoms with Crippen LogP contribution in [0.15, 0.2) is 29.2 Å².